The van der Waals surface area contributed by atoms with Crippen LogP contribution in [0.15, 0.2) is 78.2 Å². The van der Waals surface area contributed by atoms with Crippen molar-refractivity contribution < 1.29 is 4.79 Å². The topological polar surface area (TPSA) is 23.6 Å². The lowest BCUT2D eigenvalue weighted by molar-refractivity contribution is -0.133. The molecule has 3 aromatic rings. The largest absolute Gasteiger partial charge is 0.334 e. The molecule has 0 N–H and O–H groups in total. The molecule has 0 aliphatic carbocycles. The molecule has 28 heavy (non-hydrogen) atoms. The van der Waals surface area contributed by atoms with Crippen molar-refractivity contribution in [3.05, 3.63) is 94.2 Å². The minimum Gasteiger partial charge on any atom is -0.334 e. The number of amides is 1. The Bertz CT molecular complexity index is 823. The Balaban J connectivity index is 1.48. The van der Waals surface area contributed by atoms with E-state index < -0.39 is 0 Å². The minimum atomic E-state index is 0.239. The normalized spacial score (nSPS) is 16.6. The van der Waals surface area contributed by atoms with Gasteiger partial charge in [0.15, 0.2) is 0 Å². The highest BCUT2D eigenvalue weighted by Gasteiger charge is 2.31. The number of hydrogen-bond donors (Lipinski definition) is 0. The van der Waals surface area contributed by atoms with Gasteiger partial charge in [0.2, 0.25) is 5.91 Å². The average Bonchev–Trinajstić information content (AvgIpc) is 3.41. The summed E-state index contributed by atoms with van der Waals surface area (Å²) in [5.74, 6) is 0.239. The van der Waals surface area contributed by atoms with Gasteiger partial charge in [0.25, 0.3) is 0 Å². The predicted molar refractivity (Wildman–Crippen MR) is 115 cm³/mol. The lowest BCUT2D eigenvalue weighted by atomic mass is 10.1. The summed E-state index contributed by atoms with van der Waals surface area (Å²) in [6.45, 7) is 2.87. The van der Waals surface area contributed by atoms with Gasteiger partial charge < -0.3 is 4.90 Å². The van der Waals surface area contributed by atoms with Crippen LogP contribution in [-0.2, 0) is 17.9 Å². The first-order chi connectivity index (χ1) is 13.8. The molecule has 1 amide bonds. The van der Waals surface area contributed by atoms with Gasteiger partial charge in [-0.3, -0.25) is 9.69 Å². The first-order valence-corrected chi connectivity index (χ1v) is 10.8. The quantitative estimate of drug-likeness (QED) is 0.559. The molecule has 4 rings (SSSR count). The number of likely N-dealkylation sites (tertiary alicyclic amines) is 1. The van der Waals surface area contributed by atoms with Gasteiger partial charge in [-0.15, -0.1) is 11.3 Å². The molecule has 1 fully saturated rings. The molecule has 0 saturated carbocycles. The van der Waals surface area contributed by atoms with Gasteiger partial charge in [0, 0.05) is 24.5 Å². The smallest absolute Gasteiger partial charge is 0.237 e. The van der Waals surface area contributed by atoms with Crippen LogP contribution in [0.1, 0.15) is 34.9 Å². The molecule has 1 saturated heterocycles. The maximum atomic E-state index is 13.2. The predicted octanol–water partition coefficient (Wildman–Crippen LogP) is 5.11. The number of thiophene rings is 1. The van der Waals surface area contributed by atoms with Crippen LogP contribution in [0.2, 0.25) is 0 Å². The molecule has 1 aliphatic heterocycles. The van der Waals surface area contributed by atoms with E-state index in [4.69, 9.17) is 0 Å². The third-order valence-electron chi connectivity index (χ3n) is 5.30. The van der Waals surface area contributed by atoms with Gasteiger partial charge >= 0.3 is 0 Å². The zero-order valence-electron chi connectivity index (χ0n) is 16.0. The molecule has 1 atom stereocenters. The summed E-state index contributed by atoms with van der Waals surface area (Å²) in [6, 6.07) is 25.3. The van der Waals surface area contributed by atoms with Gasteiger partial charge in [-0.2, -0.15) is 0 Å². The molecule has 2 aromatic carbocycles. The summed E-state index contributed by atoms with van der Waals surface area (Å²) in [4.78, 5) is 18.9. The monoisotopic (exact) mass is 390 g/mol. The number of benzene rings is 2. The Hall–Kier alpha value is -2.43. The van der Waals surface area contributed by atoms with Crippen molar-refractivity contribution in [3.63, 3.8) is 0 Å². The molecule has 1 aliphatic rings. The number of carbonyl (C=O) groups is 1. The van der Waals surface area contributed by atoms with Gasteiger partial charge in [-0.25, -0.2) is 0 Å². The first-order valence-electron chi connectivity index (χ1n) is 9.92. The third-order valence-corrected chi connectivity index (χ3v) is 6.28. The Morgan fingerprint density at radius 1 is 0.929 bits per heavy atom. The molecule has 0 bridgehead atoms. The zero-order chi connectivity index (χ0) is 19.2. The summed E-state index contributed by atoms with van der Waals surface area (Å²) in [7, 11) is 0. The molecule has 0 spiro atoms. The number of nitrogens with zero attached hydrogens (tertiary/aromatic N) is 2. The van der Waals surface area contributed by atoms with Crippen LogP contribution in [0.5, 0.6) is 0 Å². The maximum absolute atomic E-state index is 13.2. The summed E-state index contributed by atoms with van der Waals surface area (Å²) >= 11 is 1.76. The van der Waals surface area contributed by atoms with Crippen LogP contribution >= 0.6 is 11.3 Å². The third kappa shape index (κ3) is 4.70. The molecule has 1 unspecified atom stereocenters. The SMILES string of the molecule is O=C(CN(Cc1ccccc1)Cc1ccccc1)N1CCCC1c1cccs1. The second-order valence-corrected chi connectivity index (χ2v) is 8.36. The van der Waals surface area contributed by atoms with E-state index in [0.29, 0.717) is 6.54 Å². The van der Waals surface area contributed by atoms with E-state index in [-0.39, 0.29) is 11.9 Å². The van der Waals surface area contributed by atoms with Gasteiger partial charge in [0.1, 0.15) is 0 Å². The van der Waals surface area contributed by atoms with Crippen molar-refractivity contribution in [2.75, 3.05) is 13.1 Å². The van der Waals surface area contributed by atoms with Crippen LogP contribution in [-0.4, -0.2) is 28.8 Å². The van der Waals surface area contributed by atoms with Crippen molar-refractivity contribution in [1.82, 2.24) is 9.80 Å². The van der Waals surface area contributed by atoms with Crippen LogP contribution in [0.25, 0.3) is 0 Å². The molecule has 1 aromatic heterocycles. The average molecular weight is 391 g/mol. The standard InChI is InChI=1S/C24H26N2OS/c27-24(26-15-7-13-22(26)23-14-8-16-28-23)19-25(17-20-9-3-1-4-10-20)18-21-11-5-2-6-12-21/h1-6,8-12,14,16,22H,7,13,15,17-19H2. The molecular formula is C24H26N2OS. The number of carbonyl (C=O) groups excluding carboxylic acids is 1. The highest BCUT2D eigenvalue weighted by atomic mass is 32.1. The lowest BCUT2D eigenvalue weighted by Gasteiger charge is -2.28. The Labute approximate surface area is 171 Å². The fraction of sp³-hybridized carbons (Fsp3) is 0.292. The fourth-order valence-electron chi connectivity index (χ4n) is 3.97. The molecule has 144 valence electrons. The summed E-state index contributed by atoms with van der Waals surface area (Å²) in [6.07, 6.45) is 2.16. The van der Waals surface area contributed by atoms with Crippen molar-refractivity contribution in [3.8, 4) is 0 Å². The zero-order valence-corrected chi connectivity index (χ0v) is 16.9. The molecule has 2 heterocycles. The lowest BCUT2D eigenvalue weighted by Crippen LogP contribution is -2.39. The van der Waals surface area contributed by atoms with E-state index in [1.165, 1.54) is 16.0 Å². The maximum Gasteiger partial charge on any atom is 0.237 e. The van der Waals surface area contributed by atoms with Crippen molar-refractivity contribution >= 4 is 17.2 Å². The summed E-state index contributed by atoms with van der Waals surface area (Å²) in [5, 5.41) is 2.10. The van der Waals surface area contributed by atoms with E-state index in [2.05, 4.69) is 75.8 Å². The van der Waals surface area contributed by atoms with Crippen molar-refractivity contribution in [2.45, 2.75) is 32.0 Å². The van der Waals surface area contributed by atoms with E-state index in [9.17, 15) is 4.79 Å². The number of hydrogen-bond acceptors (Lipinski definition) is 3. The van der Waals surface area contributed by atoms with Gasteiger partial charge in [-0.1, -0.05) is 66.7 Å². The van der Waals surface area contributed by atoms with Gasteiger partial charge in [0.05, 0.1) is 12.6 Å². The Kier molecular flexibility index (Phi) is 6.20. The number of rotatable bonds is 7. The molecule has 4 heteroatoms. The van der Waals surface area contributed by atoms with E-state index in [0.717, 1.165) is 32.5 Å². The van der Waals surface area contributed by atoms with E-state index in [1.807, 2.05) is 12.1 Å². The molecule has 3 nitrogen and oxygen atoms in total. The Morgan fingerprint density at radius 3 is 2.14 bits per heavy atom. The van der Waals surface area contributed by atoms with Crippen molar-refractivity contribution in [1.29, 1.82) is 0 Å². The fourth-order valence-corrected chi connectivity index (χ4v) is 4.85. The summed E-state index contributed by atoms with van der Waals surface area (Å²) < 4.78 is 0. The van der Waals surface area contributed by atoms with E-state index in [1.54, 1.807) is 11.3 Å². The van der Waals surface area contributed by atoms with Crippen molar-refractivity contribution in [2.24, 2.45) is 0 Å². The first kappa shape index (κ1) is 18.9. The second kappa shape index (κ2) is 9.18. The second-order valence-electron chi connectivity index (χ2n) is 7.38. The Morgan fingerprint density at radius 2 is 1.57 bits per heavy atom. The van der Waals surface area contributed by atoms with Gasteiger partial charge in [-0.05, 0) is 35.4 Å². The highest BCUT2D eigenvalue weighted by Crippen LogP contribution is 2.34. The molecule has 0 radical (unpaired) electrons. The van der Waals surface area contributed by atoms with Crippen LogP contribution < -0.4 is 0 Å². The minimum absolute atomic E-state index is 0.239. The van der Waals surface area contributed by atoms with E-state index >= 15 is 0 Å². The van der Waals surface area contributed by atoms with Crippen LogP contribution in [0.3, 0.4) is 0 Å². The highest BCUT2D eigenvalue weighted by molar-refractivity contribution is 7.10. The van der Waals surface area contributed by atoms with Crippen LogP contribution in [0.4, 0.5) is 0 Å². The molecular weight excluding hydrogens is 364 g/mol. The summed E-state index contributed by atoms with van der Waals surface area (Å²) in [5.41, 5.74) is 2.48. The van der Waals surface area contributed by atoms with Crippen LogP contribution in [0, 0.1) is 0 Å².